The number of hydrogen-bond acceptors (Lipinski definition) is 5. The number of aryl methyl sites for hydroxylation is 1. The van der Waals surface area contributed by atoms with E-state index in [2.05, 4.69) is 22.1 Å². The Morgan fingerprint density at radius 3 is 2.61 bits per heavy atom. The number of piperazine rings is 1. The maximum atomic E-state index is 12.9. The van der Waals surface area contributed by atoms with Gasteiger partial charge in [-0.1, -0.05) is 24.3 Å². The van der Waals surface area contributed by atoms with Crippen LogP contribution in [-0.2, 0) is 29.1 Å². The van der Waals surface area contributed by atoms with Gasteiger partial charge in [0.05, 0.1) is 18.8 Å². The molecule has 148 valence electrons. The van der Waals surface area contributed by atoms with E-state index in [0.29, 0.717) is 32.7 Å². The zero-order valence-electron chi connectivity index (χ0n) is 16.2. The summed E-state index contributed by atoms with van der Waals surface area (Å²) < 4.78 is 7.34. The molecule has 28 heavy (non-hydrogen) atoms. The zero-order chi connectivity index (χ0) is 19.5. The van der Waals surface area contributed by atoms with Gasteiger partial charge in [0, 0.05) is 45.2 Å². The highest BCUT2D eigenvalue weighted by molar-refractivity contribution is 5.81. The standard InChI is InChI=1S/C21H26N4O3/c1-16-6-7-20(26)25(22-16)13-10-23-8-11-24(12-9-23)21(27)19-14-17-4-2-3-5-18(17)15-28-19/h2-7,19H,8-15H2,1H3. The van der Waals surface area contributed by atoms with Crippen molar-refractivity contribution in [2.24, 2.45) is 0 Å². The lowest BCUT2D eigenvalue weighted by Gasteiger charge is -2.37. The molecule has 2 aliphatic heterocycles. The Labute approximate surface area is 164 Å². The lowest BCUT2D eigenvalue weighted by atomic mass is 9.98. The van der Waals surface area contributed by atoms with Crippen molar-refractivity contribution < 1.29 is 9.53 Å². The summed E-state index contributed by atoms with van der Waals surface area (Å²) >= 11 is 0. The van der Waals surface area contributed by atoms with E-state index in [4.69, 9.17) is 4.74 Å². The normalized spacial score (nSPS) is 20.0. The molecule has 1 unspecified atom stereocenters. The molecule has 1 aromatic carbocycles. The van der Waals surface area contributed by atoms with Crippen LogP contribution < -0.4 is 5.56 Å². The number of carbonyl (C=O) groups is 1. The van der Waals surface area contributed by atoms with Crippen molar-refractivity contribution in [1.29, 1.82) is 0 Å². The summed E-state index contributed by atoms with van der Waals surface area (Å²) in [5.41, 5.74) is 3.15. The molecule has 1 saturated heterocycles. The third-order valence-electron chi connectivity index (χ3n) is 5.55. The van der Waals surface area contributed by atoms with Gasteiger partial charge < -0.3 is 9.64 Å². The minimum absolute atomic E-state index is 0.0749. The van der Waals surface area contributed by atoms with Crippen LogP contribution in [0.25, 0.3) is 0 Å². The molecular formula is C21H26N4O3. The quantitative estimate of drug-likeness (QED) is 0.784. The van der Waals surface area contributed by atoms with E-state index in [1.54, 1.807) is 12.1 Å². The highest BCUT2D eigenvalue weighted by Gasteiger charge is 2.31. The number of rotatable bonds is 4. The fourth-order valence-corrected chi connectivity index (χ4v) is 3.85. The summed E-state index contributed by atoms with van der Waals surface area (Å²) in [6, 6.07) is 11.4. The van der Waals surface area contributed by atoms with E-state index in [1.807, 2.05) is 24.0 Å². The third-order valence-corrected chi connectivity index (χ3v) is 5.55. The summed E-state index contributed by atoms with van der Waals surface area (Å²) in [5.74, 6) is 0.0886. The molecule has 1 fully saturated rings. The highest BCUT2D eigenvalue weighted by Crippen LogP contribution is 2.22. The lowest BCUT2D eigenvalue weighted by Crippen LogP contribution is -2.53. The molecule has 0 spiro atoms. The smallest absolute Gasteiger partial charge is 0.266 e. The highest BCUT2D eigenvalue weighted by atomic mass is 16.5. The Bertz CT molecular complexity index is 903. The van der Waals surface area contributed by atoms with Gasteiger partial charge in [-0.05, 0) is 24.1 Å². The molecule has 4 rings (SSSR count). The minimum atomic E-state index is -0.378. The molecule has 1 atom stereocenters. The summed E-state index contributed by atoms with van der Waals surface area (Å²) in [7, 11) is 0. The van der Waals surface area contributed by atoms with Crippen molar-refractivity contribution in [3.05, 3.63) is 63.6 Å². The topological polar surface area (TPSA) is 67.7 Å². The van der Waals surface area contributed by atoms with Crippen molar-refractivity contribution in [2.45, 2.75) is 32.6 Å². The van der Waals surface area contributed by atoms with Crippen molar-refractivity contribution in [1.82, 2.24) is 19.6 Å². The Morgan fingerprint density at radius 1 is 1.07 bits per heavy atom. The first-order valence-electron chi connectivity index (χ1n) is 9.84. The maximum absolute atomic E-state index is 12.9. The van der Waals surface area contributed by atoms with E-state index in [-0.39, 0.29) is 17.6 Å². The van der Waals surface area contributed by atoms with Crippen LogP contribution in [0.15, 0.2) is 41.2 Å². The van der Waals surface area contributed by atoms with Gasteiger partial charge >= 0.3 is 0 Å². The van der Waals surface area contributed by atoms with Gasteiger partial charge in [0.25, 0.3) is 11.5 Å². The lowest BCUT2D eigenvalue weighted by molar-refractivity contribution is -0.147. The van der Waals surface area contributed by atoms with Crippen LogP contribution >= 0.6 is 0 Å². The molecule has 7 heteroatoms. The number of benzene rings is 1. The van der Waals surface area contributed by atoms with E-state index < -0.39 is 0 Å². The SMILES string of the molecule is Cc1ccc(=O)n(CCN2CCN(C(=O)C3Cc4ccccc4CO3)CC2)n1. The van der Waals surface area contributed by atoms with Crippen LogP contribution in [0.1, 0.15) is 16.8 Å². The molecule has 2 aromatic rings. The molecule has 7 nitrogen and oxygen atoms in total. The van der Waals surface area contributed by atoms with Gasteiger partial charge in [0.15, 0.2) is 0 Å². The molecular weight excluding hydrogens is 356 g/mol. The first-order valence-corrected chi connectivity index (χ1v) is 9.84. The van der Waals surface area contributed by atoms with Gasteiger partial charge in [-0.2, -0.15) is 5.10 Å². The number of aromatic nitrogens is 2. The monoisotopic (exact) mass is 382 g/mol. The number of hydrogen-bond donors (Lipinski definition) is 0. The largest absolute Gasteiger partial charge is 0.363 e. The molecule has 1 amide bonds. The average molecular weight is 382 g/mol. The molecule has 3 heterocycles. The van der Waals surface area contributed by atoms with Crippen molar-refractivity contribution >= 4 is 5.91 Å². The van der Waals surface area contributed by atoms with Crippen LogP contribution in [0.5, 0.6) is 0 Å². The van der Waals surface area contributed by atoms with Crippen LogP contribution in [0.4, 0.5) is 0 Å². The number of fused-ring (bicyclic) bond motifs is 1. The van der Waals surface area contributed by atoms with Crippen molar-refractivity contribution in [2.75, 3.05) is 32.7 Å². The summed E-state index contributed by atoms with van der Waals surface area (Å²) in [5, 5.41) is 4.28. The fourth-order valence-electron chi connectivity index (χ4n) is 3.85. The second-order valence-electron chi connectivity index (χ2n) is 7.48. The van der Waals surface area contributed by atoms with Gasteiger partial charge in [-0.3, -0.25) is 14.5 Å². The Kier molecular flexibility index (Phi) is 5.54. The van der Waals surface area contributed by atoms with E-state index in [9.17, 15) is 9.59 Å². The summed E-state index contributed by atoms with van der Waals surface area (Å²) in [6.07, 6.45) is 0.272. The van der Waals surface area contributed by atoms with Crippen LogP contribution in [0.2, 0.25) is 0 Å². The molecule has 1 aromatic heterocycles. The number of ether oxygens (including phenoxy) is 1. The third kappa shape index (κ3) is 4.15. The van der Waals surface area contributed by atoms with E-state index in [0.717, 1.165) is 25.3 Å². The molecule has 0 saturated carbocycles. The van der Waals surface area contributed by atoms with E-state index >= 15 is 0 Å². The van der Waals surface area contributed by atoms with Gasteiger partial charge in [-0.25, -0.2) is 4.68 Å². The first-order chi connectivity index (χ1) is 13.6. The minimum Gasteiger partial charge on any atom is -0.363 e. The predicted molar refractivity (Wildman–Crippen MR) is 105 cm³/mol. The maximum Gasteiger partial charge on any atom is 0.266 e. The van der Waals surface area contributed by atoms with Gasteiger partial charge in [-0.15, -0.1) is 0 Å². The zero-order valence-corrected chi connectivity index (χ0v) is 16.2. The summed E-state index contributed by atoms with van der Waals surface area (Å²) in [4.78, 5) is 28.9. The van der Waals surface area contributed by atoms with Crippen molar-refractivity contribution in [3.8, 4) is 0 Å². The average Bonchev–Trinajstić information content (AvgIpc) is 2.74. The van der Waals surface area contributed by atoms with Gasteiger partial charge in [0.2, 0.25) is 0 Å². The van der Waals surface area contributed by atoms with E-state index in [1.165, 1.54) is 15.8 Å². The Hall–Kier alpha value is -2.51. The first kappa shape index (κ1) is 18.8. The van der Waals surface area contributed by atoms with Crippen LogP contribution in [0, 0.1) is 6.92 Å². The predicted octanol–water partition coefficient (Wildman–Crippen LogP) is 0.837. The second kappa shape index (κ2) is 8.24. The molecule has 2 aliphatic rings. The number of carbonyl (C=O) groups excluding carboxylic acids is 1. The Morgan fingerprint density at radius 2 is 1.82 bits per heavy atom. The molecule has 0 radical (unpaired) electrons. The molecule has 0 N–H and O–H groups in total. The molecule has 0 aliphatic carbocycles. The molecule has 0 bridgehead atoms. The van der Waals surface area contributed by atoms with Gasteiger partial charge in [0.1, 0.15) is 6.10 Å². The number of nitrogens with zero attached hydrogens (tertiary/aromatic N) is 4. The second-order valence-corrected chi connectivity index (χ2v) is 7.48. The van der Waals surface area contributed by atoms with Crippen LogP contribution in [-0.4, -0.2) is 64.3 Å². The van der Waals surface area contributed by atoms with Crippen LogP contribution in [0.3, 0.4) is 0 Å². The summed E-state index contributed by atoms with van der Waals surface area (Å²) in [6.45, 7) is 6.69. The fraction of sp³-hybridized carbons (Fsp3) is 0.476. The Balaban J connectivity index is 1.28. The number of amides is 1. The van der Waals surface area contributed by atoms with Crippen molar-refractivity contribution in [3.63, 3.8) is 0 Å².